The smallest absolute Gasteiger partial charge is 0.143 e. The van der Waals surface area contributed by atoms with Gasteiger partial charge in [0.15, 0.2) is 0 Å². The maximum Gasteiger partial charge on any atom is 0.143 e. The van der Waals surface area contributed by atoms with Gasteiger partial charge in [0.05, 0.1) is 18.1 Å². The summed E-state index contributed by atoms with van der Waals surface area (Å²) in [4.78, 5) is 3.78. The fourth-order valence-electron chi connectivity index (χ4n) is 1.59. The third-order valence-electron chi connectivity index (χ3n) is 2.68. The molecule has 1 aromatic heterocycles. The number of rotatable bonds is 2. The van der Waals surface area contributed by atoms with Crippen molar-refractivity contribution in [3.63, 3.8) is 0 Å². The largest absolute Gasteiger partial charge is 0.381 e. The fourth-order valence-corrected chi connectivity index (χ4v) is 1.59. The lowest BCUT2D eigenvalue weighted by Gasteiger charge is -2.35. The van der Waals surface area contributed by atoms with Crippen LogP contribution in [0.2, 0.25) is 0 Å². The van der Waals surface area contributed by atoms with Crippen LogP contribution < -0.4 is 5.32 Å². The minimum Gasteiger partial charge on any atom is -0.381 e. The Kier molecular flexibility index (Phi) is 2.17. The Bertz CT molecular complexity index is 301. The minimum atomic E-state index is -0.281. The summed E-state index contributed by atoms with van der Waals surface area (Å²) < 4.78 is 12.7. The second kappa shape index (κ2) is 3.32. The summed E-state index contributed by atoms with van der Waals surface area (Å²) in [5.74, 6) is 0.417. The highest BCUT2D eigenvalue weighted by Gasteiger charge is 2.26. The number of halogens is 1. The molecule has 0 bridgehead atoms. The lowest BCUT2D eigenvalue weighted by molar-refractivity contribution is 0.303. The Morgan fingerprint density at radius 2 is 2.31 bits per heavy atom. The summed E-state index contributed by atoms with van der Waals surface area (Å²) in [5.41, 5.74) is 0.788. The highest BCUT2D eigenvalue weighted by atomic mass is 19.1. The third-order valence-corrected chi connectivity index (χ3v) is 2.68. The molecule has 0 saturated heterocycles. The monoisotopic (exact) mass is 180 g/mol. The molecule has 0 aliphatic heterocycles. The van der Waals surface area contributed by atoms with Crippen LogP contribution in [0.25, 0.3) is 0 Å². The Labute approximate surface area is 77.2 Å². The zero-order chi connectivity index (χ0) is 9.26. The van der Waals surface area contributed by atoms with Crippen molar-refractivity contribution in [3.05, 3.63) is 24.3 Å². The standard InChI is InChI=1S/C10H13FN2/c1-7-2-3-10(7)13-9-4-8(11)5-12-6-9/h4-7,10,13H,2-3H2,1H3. The van der Waals surface area contributed by atoms with Crippen molar-refractivity contribution in [1.82, 2.24) is 4.98 Å². The van der Waals surface area contributed by atoms with E-state index in [4.69, 9.17) is 0 Å². The molecular weight excluding hydrogens is 167 g/mol. The molecule has 1 saturated carbocycles. The topological polar surface area (TPSA) is 24.9 Å². The van der Waals surface area contributed by atoms with E-state index < -0.39 is 0 Å². The summed E-state index contributed by atoms with van der Waals surface area (Å²) in [7, 11) is 0. The molecule has 3 heteroatoms. The zero-order valence-corrected chi connectivity index (χ0v) is 7.63. The molecule has 2 nitrogen and oxygen atoms in total. The molecule has 1 aliphatic carbocycles. The van der Waals surface area contributed by atoms with Gasteiger partial charge in [0, 0.05) is 12.1 Å². The van der Waals surface area contributed by atoms with Crippen molar-refractivity contribution in [2.45, 2.75) is 25.8 Å². The van der Waals surface area contributed by atoms with Gasteiger partial charge < -0.3 is 5.32 Å². The highest BCUT2D eigenvalue weighted by molar-refractivity contribution is 5.41. The highest BCUT2D eigenvalue weighted by Crippen LogP contribution is 2.29. The van der Waals surface area contributed by atoms with Gasteiger partial charge in [-0.25, -0.2) is 4.39 Å². The predicted molar refractivity (Wildman–Crippen MR) is 50.0 cm³/mol. The first-order valence-corrected chi connectivity index (χ1v) is 4.63. The van der Waals surface area contributed by atoms with Gasteiger partial charge in [0.25, 0.3) is 0 Å². The molecule has 0 amide bonds. The van der Waals surface area contributed by atoms with Crippen molar-refractivity contribution in [2.75, 3.05) is 5.32 Å². The molecule has 2 rings (SSSR count). The predicted octanol–water partition coefficient (Wildman–Crippen LogP) is 2.43. The molecule has 13 heavy (non-hydrogen) atoms. The molecule has 0 spiro atoms. The average molecular weight is 180 g/mol. The summed E-state index contributed by atoms with van der Waals surface area (Å²) in [6.07, 6.45) is 5.32. The molecule has 0 radical (unpaired) electrons. The first-order chi connectivity index (χ1) is 6.25. The zero-order valence-electron chi connectivity index (χ0n) is 7.63. The summed E-state index contributed by atoms with van der Waals surface area (Å²) in [6.45, 7) is 2.20. The van der Waals surface area contributed by atoms with E-state index in [0.29, 0.717) is 12.0 Å². The maximum atomic E-state index is 12.7. The van der Waals surface area contributed by atoms with Crippen LogP contribution in [0, 0.1) is 11.7 Å². The van der Waals surface area contributed by atoms with E-state index >= 15 is 0 Å². The van der Waals surface area contributed by atoms with Crippen LogP contribution in [0.3, 0.4) is 0 Å². The molecule has 1 N–H and O–H groups in total. The van der Waals surface area contributed by atoms with Gasteiger partial charge in [-0.05, 0) is 18.8 Å². The number of pyridine rings is 1. The number of hydrogen-bond donors (Lipinski definition) is 1. The molecule has 1 aliphatic rings. The molecular formula is C10H13FN2. The molecule has 70 valence electrons. The molecule has 2 unspecified atom stereocenters. The Morgan fingerprint density at radius 3 is 2.85 bits per heavy atom. The van der Waals surface area contributed by atoms with Gasteiger partial charge in [-0.1, -0.05) is 6.92 Å². The number of aromatic nitrogens is 1. The number of nitrogens with zero attached hydrogens (tertiary/aromatic N) is 1. The summed E-state index contributed by atoms with van der Waals surface area (Å²) in [6, 6.07) is 1.99. The number of hydrogen-bond acceptors (Lipinski definition) is 2. The van der Waals surface area contributed by atoms with Crippen molar-refractivity contribution in [3.8, 4) is 0 Å². The second-order valence-electron chi connectivity index (χ2n) is 3.70. The van der Waals surface area contributed by atoms with Crippen LogP contribution in [-0.2, 0) is 0 Å². The van der Waals surface area contributed by atoms with Gasteiger partial charge in [-0.15, -0.1) is 0 Å². The van der Waals surface area contributed by atoms with Crippen molar-refractivity contribution in [2.24, 2.45) is 5.92 Å². The van der Waals surface area contributed by atoms with Gasteiger partial charge in [-0.2, -0.15) is 0 Å². The van der Waals surface area contributed by atoms with Crippen molar-refractivity contribution in [1.29, 1.82) is 0 Å². The number of nitrogens with one attached hydrogen (secondary N) is 1. The minimum absolute atomic E-state index is 0.281. The summed E-state index contributed by atoms with van der Waals surface area (Å²) in [5, 5.41) is 3.27. The molecule has 2 atom stereocenters. The van der Waals surface area contributed by atoms with E-state index in [1.165, 1.54) is 25.1 Å². The SMILES string of the molecule is CC1CCC1Nc1cncc(F)c1. The van der Waals surface area contributed by atoms with Gasteiger partial charge in [-0.3, -0.25) is 4.98 Å². The van der Waals surface area contributed by atoms with Crippen LogP contribution in [0.15, 0.2) is 18.5 Å². The third kappa shape index (κ3) is 1.79. The molecule has 1 heterocycles. The van der Waals surface area contributed by atoms with E-state index in [0.717, 1.165) is 5.69 Å². The molecule has 1 aromatic rings. The van der Waals surface area contributed by atoms with E-state index in [-0.39, 0.29) is 5.82 Å². The lowest BCUT2D eigenvalue weighted by Crippen LogP contribution is -2.36. The van der Waals surface area contributed by atoms with Crippen LogP contribution in [0.1, 0.15) is 19.8 Å². The van der Waals surface area contributed by atoms with Crippen LogP contribution in [0.5, 0.6) is 0 Å². The first kappa shape index (κ1) is 8.48. The van der Waals surface area contributed by atoms with Gasteiger partial charge in [0.1, 0.15) is 5.82 Å². The van der Waals surface area contributed by atoms with Crippen LogP contribution in [-0.4, -0.2) is 11.0 Å². The average Bonchev–Trinajstić information content (AvgIpc) is 2.12. The quantitative estimate of drug-likeness (QED) is 0.756. The first-order valence-electron chi connectivity index (χ1n) is 4.63. The van der Waals surface area contributed by atoms with Gasteiger partial charge in [0.2, 0.25) is 0 Å². The van der Waals surface area contributed by atoms with E-state index in [1.807, 2.05) is 0 Å². The van der Waals surface area contributed by atoms with E-state index in [1.54, 1.807) is 6.20 Å². The van der Waals surface area contributed by atoms with Crippen molar-refractivity contribution >= 4 is 5.69 Å². The fraction of sp³-hybridized carbons (Fsp3) is 0.500. The lowest BCUT2D eigenvalue weighted by atomic mass is 9.81. The molecule has 1 fully saturated rings. The summed E-state index contributed by atoms with van der Waals surface area (Å²) >= 11 is 0. The second-order valence-corrected chi connectivity index (χ2v) is 3.70. The normalized spacial score (nSPS) is 26.6. The maximum absolute atomic E-state index is 12.7. The Balaban J connectivity index is 2.01. The van der Waals surface area contributed by atoms with Crippen molar-refractivity contribution < 1.29 is 4.39 Å². The van der Waals surface area contributed by atoms with Crippen LogP contribution >= 0.6 is 0 Å². The Hall–Kier alpha value is -1.12. The van der Waals surface area contributed by atoms with E-state index in [9.17, 15) is 4.39 Å². The number of anilines is 1. The molecule has 0 aromatic carbocycles. The van der Waals surface area contributed by atoms with Gasteiger partial charge >= 0.3 is 0 Å². The van der Waals surface area contributed by atoms with E-state index in [2.05, 4.69) is 17.2 Å². The Morgan fingerprint density at radius 1 is 1.46 bits per heavy atom. The van der Waals surface area contributed by atoms with Crippen LogP contribution in [0.4, 0.5) is 10.1 Å².